The first-order chi connectivity index (χ1) is 17.3. The van der Waals surface area contributed by atoms with Crippen molar-refractivity contribution in [3.05, 3.63) is 105 Å². The summed E-state index contributed by atoms with van der Waals surface area (Å²) in [6, 6.07) is 19.6. The highest BCUT2D eigenvalue weighted by Gasteiger charge is 2.27. The number of carbonyl (C=O) groups is 1. The van der Waals surface area contributed by atoms with Crippen LogP contribution in [-0.4, -0.2) is 25.2 Å². The van der Waals surface area contributed by atoms with Crippen LogP contribution in [0, 0.1) is 25.2 Å². The van der Waals surface area contributed by atoms with Crippen molar-refractivity contribution in [1.82, 2.24) is 14.1 Å². The van der Waals surface area contributed by atoms with Crippen LogP contribution in [0.5, 0.6) is 0 Å². The van der Waals surface area contributed by atoms with Crippen molar-refractivity contribution in [2.45, 2.75) is 39.3 Å². The number of hydrogen-bond acceptors (Lipinski definition) is 3. The molecular weight excluding hydrogens is 452 g/mol. The van der Waals surface area contributed by atoms with Gasteiger partial charge in [0, 0.05) is 22.7 Å². The lowest BCUT2D eigenvalue weighted by Crippen LogP contribution is -2.31. The number of fused-ring (bicyclic) bond motifs is 2. The minimum Gasteiger partial charge on any atom is -0.481 e. The molecule has 2 unspecified atom stereocenters. The van der Waals surface area contributed by atoms with Gasteiger partial charge in [-0.25, -0.2) is 4.79 Å². The molecule has 2 aromatic heterocycles. The van der Waals surface area contributed by atoms with E-state index in [9.17, 15) is 20.0 Å². The molecule has 0 aliphatic heterocycles. The third-order valence-corrected chi connectivity index (χ3v) is 6.89. The Labute approximate surface area is 207 Å². The van der Waals surface area contributed by atoms with Gasteiger partial charge in [-0.3, -0.25) is 13.9 Å². The van der Waals surface area contributed by atoms with E-state index in [0.29, 0.717) is 16.6 Å². The van der Waals surface area contributed by atoms with E-state index in [1.165, 1.54) is 4.57 Å². The molecule has 2 heterocycles. The average molecular weight is 479 g/mol. The second kappa shape index (κ2) is 8.90. The fourth-order valence-electron chi connectivity index (χ4n) is 5.35. The third kappa shape index (κ3) is 3.77. The molecule has 5 rings (SSSR count). The Balaban J connectivity index is 1.80. The zero-order chi connectivity index (χ0) is 25.6. The number of imidazole rings is 1. The highest BCUT2D eigenvalue weighted by Crippen LogP contribution is 2.33. The third-order valence-electron chi connectivity index (χ3n) is 6.89. The molecule has 5 aromatic rings. The van der Waals surface area contributed by atoms with Gasteiger partial charge in [0.2, 0.25) is 0 Å². The van der Waals surface area contributed by atoms with Gasteiger partial charge in [-0.15, -0.1) is 0 Å². The van der Waals surface area contributed by atoms with E-state index in [2.05, 4.69) is 30.1 Å². The zero-order valence-electron chi connectivity index (χ0n) is 20.3. The summed E-state index contributed by atoms with van der Waals surface area (Å²) >= 11 is 0. The predicted molar refractivity (Wildman–Crippen MR) is 139 cm³/mol. The second-order valence-corrected chi connectivity index (χ2v) is 9.29. The maximum absolute atomic E-state index is 14.1. The first-order valence-electron chi connectivity index (χ1n) is 11.8. The summed E-state index contributed by atoms with van der Waals surface area (Å²) in [6.07, 6.45) is 1.67. The van der Waals surface area contributed by atoms with Crippen molar-refractivity contribution in [2.24, 2.45) is 0 Å². The number of nitrogens with one attached hydrogen (secondary N) is 1. The molecule has 0 aliphatic carbocycles. The molecule has 3 aromatic carbocycles. The second-order valence-electron chi connectivity index (χ2n) is 9.29. The number of nitriles is 1. The molecule has 0 radical (unpaired) electrons. The summed E-state index contributed by atoms with van der Waals surface area (Å²) in [6.45, 7) is 6.08. The van der Waals surface area contributed by atoms with Gasteiger partial charge in [0.05, 0.1) is 41.2 Å². The SMILES string of the molecule is Cc1cc(C)c2c(C(C)n3c(=O)n(C(CC(=O)O)c4ccccc4)c4cc(C#N)ccc43)c[nH]c2c1. The Kier molecular flexibility index (Phi) is 5.73. The number of aromatic nitrogens is 3. The number of carboxylic acid groups (broad SMARTS) is 1. The van der Waals surface area contributed by atoms with Crippen molar-refractivity contribution >= 4 is 27.9 Å². The van der Waals surface area contributed by atoms with Crippen molar-refractivity contribution in [1.29, 1.82) is 5.26 Å². The van der Waals surface area contributed by atoms with Gasteiger partial charge in [-0.2, -0.15) is 5.26 Å². The van der Waals surface area contributed by atoms with E-state index in [1.807, 2.05) is 50.4 Å². The Morgan fingerprint density at radius 3 is 2.50 bits per heavy atom. The number of nitrogens with zero attached hydrogens (tertiary/aromatic N) is 3. The highest BCUT2D eigenvalue weighted by atomic mass is 16.4. The first-order valence-corrected chi connectivity index (χ1v) is 11.8. The van der Waals surface area contributed by atoms with Gasteiger partial charge in [0.15, 0.2) is 0 Å². The van der Waals surface area contributed by atoms with Crippen LogP contribution in [0.25, 0.3) is 21.9 Å². The monoisotopic (exact) mass is 478 g/mol. The maximum Gasteiger partial charge on any atom is 0.330 e. The summed E-state index contributed by atoms with van der Waals surface area (Å²) in [5.74, 6) is -1.01. The molecule has 0 saturated carbocycles. The number of rotatable bonds is 6. The maximum atomic E-state index is 14.1. The number of aryl methyl sites for hydroxylation is 2. The minimum absolute atomic E-state index is 0.264. The Hall–Kier alpha value is -4.57. The van der Waals surface area contributed by atoms with Crippen molar-refractivity contribution < 1.29 is 9.90 Å². The summed E-state index contributed by atoms with van der Waals surface area (Å²) in [7, 11) is 0. The summed E-state index contributed by atoms with van der Waals surface area (Å²) in [5.41, 5.74) is 6.24. The van der Waals surface area contributed by atoms with Crippen molar-refractivity contribution in [2.75, 3.05) is 0 Å². The predicted octanol–water partition coefficient (Wildman–Crippen LogP) is 5.45. The van der Waals surface area contributed by atoms with E-state index in [4.69, 9.17) is 0 Å². The molecule has 0 amide bonds. The molecule has 0 saturated heterocycles. The summed E-state index contributed by atoms with van der Waals surface area (Å²) in [5, 5.41) is 20.4. The summed E-state index contributed by atoms with van der Waals surface area (Å²) < 4.78 is 3.23. The van der Waals surface area contributed by atoms with E-state index in [1.54, 1.807) is 22.8 Å². The van der Waals surface area contributed by atoms with Crippen molar-refractivity contribution in [3.8, 4) is 6.07 Å². The van der Waals surface area contributed by atoms with Gasteiger partial charge >= 0.3 is 11.7 Å². The molecule has 36 heavy (non-hydrogen) atoms. The fraction of sp³-hybridized carbons (Fsp3) is 0.207. The Bertz CT molecular complexity index is 1720. The molecule has 7 heteroatoms. The Morgan fingerprint density at radius 2 is 1.81 bits per heavy atom. The number of H-pyrrole nitrogens is 1. The van der Waals surface area contributed by atoms with Gasteiger partial charge in [-0.05, 0) is 61.7 Å². The quantitative estimate of drug-likeness (QED) is 0.339. The molecule has 0 fully saturated rings. The van der Waals surface area contributed by atoms with Crippen LogP contribution < -0.4 is 5.69 Å². The van der Waals surface area contributed by atoms with Gasteiger partial charge in [-0.1, -0.05) is 36.4 Å². The highest BCUT2D eigenvalue weighted by molar-refractivity contribution is 5.88. The minimum atomic E-state index is -1.01. The van der Waals surface area contributed by atoms with Gasteiger partial charge in [0.1, 0.15) is 0 Å². The lowest BCUT2D eigenvalue weighted by molar-refractivity contribution is -0.137. The van der Waals surface area contributed by atoms with E-state index in [-0.39, 0.29) is 18.2 Å². The lowest BCUT2D eigenvalue weighted by atomic mass is 10.0. The molecule has 0 aliphatic rings. The smallest absolute Gasteiger partial charge is 0.330 e. The molecule has 0 bridgehead atoms. The van der Waals surface area contributed by atoms with E-state index in [0.717, 1.165) is 33.2 Å². The average Bonchev–Trinajstić information content (AvgIpc) is 3.40. The molecule has 2 atom stereocenters. The molecule has 2 N–H and O–H groups in total. The number of aliphatic carboxylic acids is 1. The van der Waals surface area contributed by atoms with Crippen LogP contribution in [0.2, 0.25) is 0 Å². The van der Waals surface area contributed by atoms with Crippen LogP contribution in [-0.2, 0) is 4.79 Å². The lowest BCUT2D eigenvalue weighted by Gasteiger charge is -2.18. The molecule has 0 spiro atoms. The van der Waals surface area contributed by atoms with Gasteiger partial charge in [0.25, 0.3) is 0 Å². The standard InChI is InChI=1S/C29H26N4O3/c1-17-11-18(2)28-22(16-31-23(28)12-17)19(3)32-24-10-9-20(15-30)13-26(24)33(29(32)36)25(14-27(34)35)21-7-5-4-6-8-21/h4-13,16,19,25,31H,14H2,1-3H3,(H,34,35). The fourth-order valence-corrected chi connectivity index (χ4v) is 5.35. The molecule has 7 nitrogen and oxygen atoms in total. The van der Waals surface area contributed by atoms with Crippen LogP contribution in [0.3, 0.4) is 0 Å². The Morgan fingerprint density at radius 1 is 1.06 bits per heavy atom. The van der Waals surface area contributed by atoms with Crippen LogP contribution in [0.1, 0.15) is 53.2 Å². The number of hydrogen-bond donors (Lipinski definition) is 2. The van der Waals surface area contributed by atoms with Crippen molar-refractivity contribution in [3.63, 3.8) is 0 Å². The van der Waals surface area contributed by atoms with Crippen LogP contribution in [0.4, 0.5) is 0 Å². The van der Waals surface area contributed by atoms with E-state index < -0.39 is 12.0 Å². The number of carboxylic acids is 1. The van der Waals surface area contributed by atoms with E-state index >= 15 is 0 Å². The number of benzene rings is 3. The number of aromatic amines is 1. The van der Waals surface area contributed by atoms with Gasteiger partial charge < -0.3 is 10.1 Å². The first kappa shape index (κ1) is 23.2. The molecular formula is C29H26N4O3. The largest absolute Gasteiger partial charge is 0.481 e. The topological polar surface area (TPSA) is 104 Å². The van der Waals surface area contributed by atoms with Crippen LogP contribution >= 0.6 is 0 Å². The summed E-state index contributed by atoms with van der Waals surface area (Å²) in [4.78, 5) is 29.4. The van der Waals surface area contributed by atoms with Crippen LogP contribution in [0.15, 0.2) is 71.7 Å². The normalized spacial score (nSPS) is 13.1. The zero-order valence-corrected chi connectivity index (χ0v) is 20.3. The molecule has 180 valence electrons.